The predicted octanol–water partition coefficient (Wildman–Crippen LogP) is -0.703. The second kappa shape index (κ2) is 6.12. The van der Waals surface area contributed by atoms with Gasteiger partial charge in [0.25, 0.3) is 0 Å². The molecule has 1 aliphatic heterocycles. The van der Waals surface area contributed by atoms with Gasteiger partial charge in [-0.3, -0.25) is 4.79 Å². The van der Waals surface area contributed by atoms with Gasteiger partial charge in [0.2, 0.25) is 6.41 Å². The van der Waals surface area contributed by atoms with Crippen LogP contribution in [0, 0.1) is 12.8 Å². The van der Waals surface area contributed by atoms with E-state index in [0.717, 1.165) is 32.6 Å². The molecule has 0 aliphatic carbocycles. The van der Waals surface area contributed by atoms with E-state index in [2.05, 4.69) is 18.2 Å². The highest BCUT2D eigenvalue weighted by molar-refractivity contribution is 5.47. The van der Waals surface area contributed by atoms with E-state index in [1.54, 1.807) is 4.90 Å². The monoisotopic (exact) mass is 140 g/mol. The van der Waals surface area contributed by atoms with E-state index in [0.29, 0.717) is 0 Å². The van der Waals surface area contributed by atoms with E-state index in [4.69, 9.17) is 0 Å². The number of piperazine rings is 1. The Morgan fingerprint density at radius 3 is 2.10 bits per heavy atom. The van der Waals surface area contributed by atoms with Crippen LogP contribution in [0.3, 0.4) is 0 Å². The lowest BCUT2D eigenvalue weighted by Crippen LogP contribution is -2.42. The Hall–Kier alpha value is -1.01. The molecule has 1 N–H and O–H groups in total. The van der Waals surface area contributed by atoms with Gasteiger partial charge in [-0.05, 0) is 0 Å². The Kier molecular flexibility index (Phi) is 5.50. The maximum Gasteiger partial charge on any atom is 0.209 e. The van der Waals surface area contributed by atoms with Crippen molar-refractivity contribution in [3.8, 4) is 12.8 Å². The van der Waals surface area contributed by atoms with Gasteiger partial charge in [-0.1, -0.05) is 0 Å². The molecule has 1 saturated heterocycles. The second-order valence-electron chi connectivity index (χ2n) is 1.89. The third-order valence-corrected chi connectivity index (χ3v) is 1.30. The van der Waals surface area contributed by atoms with Crippen molar-refractivity contribution in [3.63, 3.8) is 0 Å². The van der Waals surface area contributed by atoms with E-state index in [1.807, 2.05) is 0 Å². The van der Waals surface area contributed by atoms with Crippen molar-refractivity contribution < 1.29 is 4.79 Å². The fourth-order valence-electron chi connectivity index (χ4n) is 0.788. The van der Waals surface area contributed by atoms with Crippen LogP contribution in [0.1, 0.15) is 0 Å². The van der Waals surface area contributed by atoms with Crippen molar-refractivity contribution in [1.29, 1.82) is 0 Å². The SMILES string of the molecule is C#C.O=CN1CCNCC1. The van der Waals surface area contributed by atoms with E-state index in [1.165, 1.54) is 0 Å². The van der Waals surface area contributed by atoms with E-state index in [9.17, 15) is 4.79 Å². The first kappa shape index (κ1) is 8.99. The van der Waals surface area contributed by atoms with Crippen molar-refractivity contribution in [1.82, 2.24) is 10.2 Å². The fraction of sp³-hybridized carbons (Fsp3) is 0.571. The molecule has 3 nitrogen and oxygen atoms in total. The molecule has 0 aromatic rings. The number of nitrogens with one attached hydrogen (secondary N) is 1. The van der Waals surface area contributed by atoms with Gasteiger partial charge in [-0.2, -0.15) is 0 Å². The Morgan fingerprint density at radius 1 is 1.30 bits per heavy atom. The van der Waals surface area contributed by atoms with Crippen LogP contribution < -0.4 is 5.32 Å². The van der Waals surface area contributed by atoms with Gasteiger partial charge in [-0.25, -0.2) is 0 Å². The highest BCUT2D eigenvalue weighted by Gasteiger charge is 2.04. The topological polar surface area (TPSA) is 32.3 Å². The summed E-state index contributed by atoms with van der Waals surface area (Å²) in [4.78, 5) is 11.8. The van der Waals surface area contributed by atoms with Gasteiger partial charge in [-0.15, -0.1) is 12.8 Å². The zero-order valence-electron chi connectivity index (χ0n) is 5.92. The molecule has 1 rings (SSSR count). The zero-order valence-corrected chi connectivity index (χ0v) is 5.92. The third kappa shape index (κ3) is 3.10. The third-order valence-electron chi connectivity index (χ3n) is 1.30. The molecular formula is C7H12N2O. The molecule has 1 fully saturated rings. The van der Waals surface area contributed by atoms with E-state index in [-0.39, 0.29) is 0 Å². The van der Waals surface area contributed by atoms with E-state index < -0.39 is 0 Å². The number of carbonyl (C=O) groups excluding carboxylic acids is 1. The molecule has 0 unspecified atom stereocenters. The maximum atomic E-state index is 10.1. The smallest absolute Gasteiger partial charge is 0.209 e. The lowest BCUT2D eigenvalue weighted by molar-refractivity contribution is -0.118. The molecule has 56 valence electrons. The summed E-state index contributed by atoms with van der Waals surface area (Å²) in [5.41, 5.74) is 0. The summed E-state index contributed by atoms with van der Waals surface area (Å²) in [5.74, 6) is 0. The Labute approximate surface area is 61.4 Å². The van der Waals surface area contributed by atoms with Crippen LogP contribution in [-0.4, -0.2) is 37.5 Å². The first-order chi connectivity index (χ1) is 4.93. The fourth-order valence-corrected chi connectivity index (χ4v) is 0.788. The summed E-state index contributed by atoms with van der Waals surface area (Å²) in [7, 11) is 0. The van der Waals surface area contributed by atoms with Crippen molar-refractivity contribution in [2.24, 2.45) is 0 Å². The number of hydrogen-bond donors (Lipinski definition) is 1. The minimum Gasteiger partial charge on any atom is -0.343 e. The predicted molar refractivity (Wildman–Crippen MR) is 40.4 cm³/mol. The summed E-state index contributed by atoms with van der Waals surface area (Å²) in [6.07, 6.45) is 8.90. The molecule has 0 saturated carbocycles. The molecule has 10 heavy (non-hydrogen) atoms. The summed E-state index contributed by atoms with van der Waals surface area (Å²) in [5, 5.41) is 3.15. The first-order valence-electron chi connectivity index (χ1n) is 3.17. The average Bonchev–Trinajstić information content (AvgIpc) is 2.10. The minimum absolute atomic E-state index is 0.865. The lowest BCUT2D eigenvalue weighted by atomic mass is 10.4. The lowest BCUT2D eigenvalue weighted by Gasteiger charge is -2.22. The molecular weight excluding hydrogens is 128 g/mol. The summed E-state index contributed by atoms with van der Waals surface area (Å²) >= 11 is 0. The molecule has 0 atom stereocenters. The number of carbonyl (C=O) groups is 1. The van der Waals surface area contributed by atoms with Crippen LogP contribution in [0.2, 0.25) is 0 Å². The van der Waals surface area contributed by atoms with Gasteiger partial charge in [0.05, 0.1) is 0 Å². The van der Waals surface area contributed by atoms with Crippen LogP contribution in [0.4, 0.5) is 0 Å². The Bertz CT molecular complexity index is 105. The van der Waals surface area contributed by atoms with Gasteiger partial charge in [0.15, 0.2) is 0 Å². The minimum atomic E-state index is 0.865. The molecule has 0 radical (unpaired) electrons. The molecule has 0 bridgehead atoms. The number of nitrogens with zero attached hydrogens (tertiary/aromatic N) is 1. The highest BCUT2D eigenvalue weighted by atomic mass is 16.1. The van der Waals surface area contributed by atoms with Crippen molar-refractivity contribution in [3.05, 3.63) is 0 Å². The van der Waals surface area contributed by atoms with Crippen LogP contribution in [-0.2, 0) is 4.79 Å². The highest BCUT2D eigenvalue weighted by Crippen LogP contribution is 1.84. The van der Waals surface area contributed by atoms with Crippen LogP contribution in [0.15, 0.2) is 0 Å². The second-order valence-corrected chi connectivity index (χ2v) is 1.89. The summed E-state index contributed by atoms with van der Waals surface area (Å²) < 4.78 is 0. The first-order valence-corrected chi connectivity index (χ1v) is 3.17. The number of hydrogen-bond acceptors (Lipinski definition) is 2. The Morgan fingerprint density at radius 2 is 1.80 bits per heavy atom. The molecule has 3 heteroatoms. The van der Waals surface area contributed by atoms with Gasteiger partial charge in [0.1, 0.15) is 0 Å². The van der Waals surface area contributed by atoms with Crippen molar-refractivity contribution >= 4 is 6.41 Å². The van der Waals surface area contributed by atoms with Crippen LogP contribution in [0.5, 0.6) is 0 Å². The maximum absolute atomic E-state index is 10.1. The summed E-state index contributed by atoms with van der Waals surface area (Å²) in [6, 6.07) is 0. The number of rotatable bonds is 1. The van der Waals surface area contributed by atoms with E-state index >= 15 is 0 Å². The summed E-state index contributed by atoms with van der Waals surface area (Å²) in [6.45, 7) is 3.62. The normalized spacial score (nSPS) is 16.8. The number of terminal acetylenes is 1. The molecule has 1 aliphatic rings. The molecule has 1 heterocycles. The van der Waals surface area contributed by atoms with Crippen LogP contribution >= 0.6 is 0 Å². The standard InChI is InChI=1S/C5H10N2O.C2H2/c8-5-7-3-1-6-2-4-7;1-2/h5-6H,1-4H2;1-2H. The van der Waals surface area contributed by atoms with Gasteiger partial charge >= 0.3 is 0 Å². The number of amides is 1. The van der Waals surface area contributed by atoms with Gasteiger partial charge in [0, 0.05) is 26.2 Å². The zero-order chi connectivity index (χ0) is 7.82. The van der Waals surface area contributed by atoms with Gasteiger partial charge < -0.3 is 10.2 Å². The quantitative estimate of drug-likeness (QED) is 0.386. The largest absolute Gasteiger partial charge is 0.343 e. The Balaban J connectivity index is 0.000000371. The molecule has 1 amide bonds. The molecule has 0 aromatic carbocycles. The van der Waals surface area contributed by atoms with Crippen LogP contribution in [0.25, 0.3) is 0 Å². The average molecular weight is 140 g/mol. The molecule has 0 spiro atoms. The van der Waals surface area contributed by atoms with Crippen molar-refractivity contribution in [2.75, 3.05) is 26.2 Å². The molecule has 0 aromatic heterocycles. The van der Waals surface area contributed by atoms with Crippen molar-refractivity contribution in [2.45, 2.75) is 0 Å².